The zero-order valence-corrected chi connectivity index (χ0v) is 14.2. The average Bonchev–Trinajstić information content (AvgIpc) is 3.22. The Morgan fingerprint density at radius 1 is 1.25 bits per heavy atom. The maximum atomic E-state index is 13.2. The fraction of sp³-hybridized carbons (Fsp3) is 0.632. The zero-order valence-electron chi connectivity index (χ0n) is 14.2. The molecular formula is C19H25NO4. The Labute approximate surface area is 142 Å². The van der Waals surface area contributed by atoms with Crippen LogP contribution in [0, 0.1) is 5.92 Å². The highest BCUT2D eigenvalue weighted by Gasteiger charge is 2.45. The number of carbonyl (C=O) groups excluding carboxylic acids is 1. The van der Waals surface area contributed by atoms with Crippen molar-refractivity contribution in [2.45, 2.75) is 57.1 Å². The molecule has 1 saturated carbocycles. The molecule has 1 N–H and O–H groups in total. The van der Waals surface area contributed by atoms with Gasteiger partial charge in [-0.2, -0.15) is 0 Å². The maximum Gasteiger partial charge on any atom is 0.258 e. The highest BCUT2D eigenvalue weighted by molar-refractivity contribution is 5.98. The molecule has 0 unspecified atom stereocenters. The van der Waals surface area contributed by atoms with Crippen LogP contribution in [0.2, 0.25) is 0 Å². The number of ether oxygens (including phenoxy) is 2. The quantitative estimate of drug-likeness (QED) is 0.905. The van der Waals surface area contributed by atoms with Gasteiger partial charge >= 0.3 is 0 Å². The maximum absolute atomic E-state index is 13.2. The summed E-state index contributed by atoms with van der Waals surface area (Å²) in [4.78, 5) is 15.1. The fourth-order valence-electron chi connectivity index (χ4n) is 4.67. The summed E-state index contributed by atoms with van der Waals surface area (Å²) in [7, 11) is 0. The second-order valence-corrected chi connectivity index (χ2v) is 7.46. The van der Waals surface area contributed by atoms with Crippen LogP contribution in [0.1, 0.15) is 55.8 Å². The van der Waals surface area contributed by atoms with Gasteiger partial charge in [0.2, 0.25) is 6.79 Å². The summed E-state index contributed by atoms with van der Waals surface area (Å²) in [5, 5.41) is 10.8. The molecule has 1 aliphatic carbocycles. The molecule has 0 spiro atoms. The Hall–Kier alpha value is -1.75. The SMILES string of the molecule is C[C@]1(O)CCCC[C@H]1[C@H]1CCCN1C(=O)c1cccc2c1OCO2. The Balaban J connectivity index is 1.61. The highest BCUT2D eigenvalue weighted by atomic mass is 16.7. The lowest BCUT2D eigenvalue weighted by Crippen LogP contribution is -2.50. The summed E-state index contributed by atoms with van der Waals surface area (Å²) in [6.07, 6.45) is 5.99. The number of para-hydroxylation sites is 1. The van der Waals surface area contributed by atoms with Crippen molar-refractivity contribution in [2.75, 3.05) is 13.3 Å². The minimum atomic E-state index is -0.677. The van der Waals surface area contributed by atoms with Crippen LogP contribution in [-0.4, -0.2) is 40.9 Å². The predicted molar refractivity (Wildman–Crippen MR) is 89.2 cm³/mol. The molecule has 0 aromatic heterocycles. The Kier molecular flexibility index (Phi) is 3.91. The van der Waals surface area contributed by atoms with Crippen LogP contribution in [-0.2, 0) is 0 Å². The van der Waals surface area contributed by atoms with E-state index in [1.54, 1.807) is 0 Å². The Morgan fingerprint density at radius 3 is 2.96 bits per heavy atom. The molecule has 5 heteroatoms. The summed E-state index contributed by atoms with van der Waals surface area (Å²) >= 11 is 0. The third-order valence-electron chi connectivity index (χ3n) is 5.90. The molecule has 2 aliphatic heterocycles. The predicted octanol–water partition coefficient (Wildman–Crippen LogP) is 2.96. The number of amides is 1. The third-order valence-corrected chi connectivity index (χ3v) is 5.90. The summed E-state index contributed by atoms with van der Waals surface area (Å²) in [5.41, 5.74) is -0.100. The Morgan fingerprint density at radius 2 is 2.12 bits per heavy atom. The molecule has 2 fully saturated rings. The lowest BCUT2D eigenvalue weighted by molar-refractivity contribution is -0.0578. The first-order chi connectivity index (χ1) is 11.6. The molecular weight excluding hydrogens is 306 g/mol. The van der Waals surface area contributed by atoms with Crippen LogP contribution < -0.4 is 9.47 Å². The van der Waals surface area contributed by atoms with Crippen molar-refractivity contribution in [2.24, 2.45) is 5.92 Å². The van der Waals surface area contributed by atoms with E-state index in [-0.39, 0.29) is 24.7 Å². The summed E-state index contributed by atoms with van der Waals surface area (Å²) in [6.45, 7) is 2.86. The van der Waals surface area contributed by atoms with Gasteiger partial charge in [0.15, 0.2) is 11.5 Å². The fourth-order valence-corrected chi connectivity index (χ4v) is 4.67. The van der Waals surface area contributed by atoms with Crippen molar-refractivity contribution in [3.63, 3.8) is 0 Å². The van der Waals surface area contributed by atoms with Crippen LogP contribution in [0.4, 0.5) is 0 Å². The van der Waals surface area contributed by atoms with Crippen molar-refractivity contribution in [3.05, 3.63) is 23.8 Å². The molecule has 1 aromatic rings. The zero-order chi connectivity index (χ0) is 16.7. The molecule has 0 bridgehead atoms. The van der Waals surface area contributed by atoms with Gasteiger partial charge in [0.05, 0.1) is 11.2 Å². The van der Waals surface area contributed by atoms with E-state index in [1.807, 2.05) is 30.0 Å². The first-order valence-electron chi connectivity index (χ1n) is 9.00. The van der Waals surface area contributed by atoms with Gasteiger partial charge in [-0.1, -0.05) is 18.9 Å². The van der Waals surface area contributed by atoms with E-state index in [0.717, 1.165) is 45.1 Å². The average molecular weight is 331 g/mol. The molecule has 3 aliphatic rings. The minimum absolute atomic E-state index is 0.00113. The van der Waals surface area contributed by atoms with E-state index < -0.39 is 5.60 Å². The molecule has 2 heterocycles. The molecule has 1 saturated heterocycles. The third kappa shape index (κ3) is 2.55. The number of hydrogen-bond donors (Lipinski definition) is 1. The minimum Gasteiger partial charge on any atom is -0.454 e. The van der Waals surface area contributed by atoms with E-state index in [9.17, 15) is 9.90 Å². The van der Waals surface area contributed by atoms with Crippen LogP contribution in [0.5, 0.6) is 11.5 Å². The van der Waals surface area contributed by atoms with Crippen LogP contribution in [0.15, 0.2) is 18.2 Å². The number of carbonyl (C=O) groups is 1. The topological polar surface area (TPSA) is 59.0 Å². The molecule has 24 heavy (non-hydrogen) atoms. The van der Waals surface area contributed by atoms with Gasteiger partial charge in [-0.25, -0.2) is 0 Å². The molecule has 130 valence electrons. The lowest BCUT2D eigenvalue weighted by atomic mass is 9.72. The number of nitrogens with zero attached hydrogens (tertiary/aromatic N) is 1. The molecule has 5 nitrogen and oxygen atoms in total. The van der Waals surface area contributed by atoms with Gasteiger partial charge in [-0.15, -0.1) is 0 Å². The normalized spacial score (nSPS) is 32.2. The monoisotopic (exact) mass is 331 g/mol. The summed E-state index contributed by atoms with van der Waals surface area (Å²) in [5.74, 6) is 1.36. The van der Waals surface area contributed by atoms with Gasteiger partial charge < -0.3 is 19.5 Å². The van der Waals surface area contributed by atoms with E-state index >= 15 is 0 Å². The Bertz CT molecular complexity index is 642. The molecule has 4 rings (SSSR count). The van der Waals surface area contributed by atoms with Crippen LogP contribution >= 0.6 is 0 Å². The first-order valence-corrected chi connectivity index (χ1v) is 9.00. The smallest absolute Gasteiger partial charge is 0.258 e. The standard InChI is InChI=1S/C19H25NO4/c1-19(22)10-3-2-7-14(19)15-8-5-11-20(15)18(21)13-6-4-9-16-17(13)24-12-23-16/h4,6,9,14-15,22H,2-3,5,7-8,10-12H2,1H3/t14-,15+,19-/m0/s1. The summed E-state index contributed by atoms with van der Waals surface area (Å²) in [6, 6.07) is 5.59. The lowest BCUT2D eigenvalue weighted by Gasteiger charge is -2.43. The number of likely N-dealkylation sites (tertiary alicyclic amines) is 1. The van der Waals surface area contributed by atoms with Gasteiger partial charge in [0.25, 0.3) is 5.91 Å². The van der Waals surface area contributed by atoms with Crippen molar-refractivity contribution >= 4 is 5.91 Å². The largest absolute Gasteiger partial charge is 0.454 e. The van der Waals surface area contributed by atoms with Gasteiger partial charge in [0.1, 0.15) is 0 Å². The van der Waals surface area contributed by atoms with Gasteiger partial charge in [0, 0.05) is 18.5 Å². The van der Waals surface area contributed by atoms with E-state index in [1.165, 1.54) is 0 Å². The highest BCUT2D eigenvalue weighted by Crippen LogP contribution is 2.42. The van der Waals surface area contributed by atoms with Gasteiger partial charge in [-0.3, -0.25) is 4.79 Å². The van der Waals surface area contributed by atoms with Crippen LogP contribution in [0.25, 0.3) is 0 Å². The van der Waals surface area contributed by atoms with Crippen molar-refractivity contribution in [1.82, 2.24) is 4.90 Å². The first kappa shape index (κ1) is 15.8. The number of benzene rings is 1. The van der Waals surface area contributed by atoms with Gasteiger partial charge in [-0.05, 0) is 44.7 Å². The van der Waals surface area contributed by atoms with Crippen molar-refractivity contribution < 1.29 is 19.4 Å². The summed E-state index contributed by atoms with van der Waals surface area (Å²) < 4.78 is 10.9. The number of fused-ring (bicyclic) bond motifs is 1. The molecule has 1 aromatic carbocycles. The number of aliphatic hydroxyl groups is 1. The van der Waals surface area contributed by atoms with E-state index in [4.69, 9.17) is 9.47 Å². The van der Waals surface area contributed by atoms with E-state index in [2.05, 4.69) is 0 Å². The number of hydrogen-bond acceptors (Lipinski definition) is 4. The molecule has 3 atom stereocenters. The van der Waals surface area contributed by atoms with Crippen LogP contribution in [0.3, 0.4) is 0 Å². The molecule has 0 radical (unpaired) electrons. The number of rotatable bonds is 2. The van der Waals surface area contributed by atoms with Crippen molar-refractivity contribution in [3.8, 4) is 11.5 Å². The second kappa shape index (κ2) is 5.96. The second-order valence-electron chi connectivity index (χ2n) is 7.46. The molecule has 1 amide bonds. The van der Waals surface area contributed by atoms with Crippen molar-refractivity contribution in [1.29, 1.82) is 0 Å². The van der Waals surface area contributed by atoms with E-state index in [0.29, 0.717) is 17.1 Å².